The largest absolute Gasteiger partial charge is 0.330 e. The van der Waals surface area contributed by atoms with Crippen molar-refractivity contribution in [2.24, 2.45) is 0 Å². The number of sulfonamides is 1. The number of thiophene rings is 1. The Morgan fingerprint density at radius 3 is 2.56 bits per heavy atom. The molecule has 0 saturated heterocycles. The lowest BCUT2D eigenvalue weighted by Gasteiger charge is -2.37. The Morgan fingerprint density at radius 1 is 1.06 bits per heavy atom. The molecule has 0 radical (unpaired) electrons. The second-order valence-electron chi connectivity index (χ2n) is 8.94. The quantitative estimate of drug-likeness (QED) is 0.317. The van der Waals surface area contributed by atoms with Crippen molar-refractivity contribution in [3.05, 3.63) is 100.0 Å². The summed E-state index contributed by atoms with van der Waals surface area (Å²) in [6.07, 6.45) is 1.29. The maximum Gasteiger partial charge on any atom is 0.243 e. The van der Waals surface area contributed by atoms with Crippen LogP contribution in [0.1, 0.15) is 35.4 Å². The second-order valence-corrected chi connectivity index (χ2v) is 11.9. The lowest BCUT2D eigenvalue weighted by molar-refractivity contribution is -0.133. The average molecular weight is 523 g/mol. The first kappa shape index (κ1) is 24.6. The summed E-state index contributed by atoms with van der Waals surface area (Å²) in [6.45, 7) is 2.36. The van der Waals surface area contributed by atoms with E-state index in [1.165, 1.54) is 21.3 Å². The minimum absolute atomic E-state index is 0.177. The van der Waals surface area contributed by atoms with Crippen molar-refractivity contribution < 1.29 is 17.6 Å². The summed E-state index contributed by atoms with van der Waals surface area (Å²) in [5, 5.41) is 3.79. The number of benzene rings is 3. The van der Waals surface area contributed by atoms with Gasteiger partial charge >= 0.3 is 0 Å². The van der Waals surface area contributed by atoms with E-state index >= 15 is 0 Å². The van der Waals surface area contributed by atoms with E-state index in [0.29, 0.717) is 19.4 Å². The molecule has 1 aromatic heterocycles. The first-order valence-electron chi connectivity index (χ1n) is 12.0. The number of rotatable bonds is 7. The third-order valence-electron chi connectivity index (χ3n) is 6.62. The van der Waals surface area contributed by atoms with Crippen molar-refractivity contribution in [3.63, 3.8) is 0 Å². The molecule has 0 aliphatic carbocycles. The van der Waals surface area contributed by atoms with Crippen LogP contribution in [0, 0.1) is 5.82 Å². The van der Waals surface area contributed by atoms with E-state index in [0.717, 1.165) is 21.9 Å². The highest BCUT2D eigenvalue weighted by atomic mass is 32.2. The number of nitrogens with zero attached hydrogens (tertiary/aromatic N) is 2. The topological polar surface area (TPSA) is 57.7 Å². The number of carbonyl (C=O) groups is 1. The number of halogens is 1. The molecule has 0 spiro atoms. The predicted molar refractivity (Wildman–Crippen MR) is 141 cm³/mol. The monoisotopic (exact) mass is 522 g/mol. The second kappa shape index (κ2) is 10.1. The molecule has 3 aromatic carbocycles. The van der Waals surface area contributed by atoms with Crippen molar-refractivity contribution in [1.82, 2.24) is 9.21 Å². The van der Waals surface area contributed by atoms with Gasteiger partial charge in [-0.2, -0.15) is 4.31 Å². The van der Waals surface area contributed by atoms with E-state index in [1.807, 2.05) is 42.6 Å². The highest BCUT2D eigenvalue weighted by Crippen LogP contribution is 2.38. The van der Waals surface area contributed by atoms with E-state index < -0.39 is 10.0 Å². The molecule has 0 saturated carbocycles. The molecule has 2 heterocycles. The van der Waals surface area contributed by atoms with Crippen LogP contribution in [-0.2, 0) is 21.2 Å². The van der Waals surface area contributed by atoms with E-state index in [1.54, 1.807) is 46.6 Å². The van der Waals surface area contributed by atoms with Crippen LogP contribution in [0.15, 0.2) is 83.1 Å². The molecule has 36 heavy (non-hydrogen) atoms. The van der Waals surface area contributed by atoms with Gasteiger partial charge in [0.15, 0.2) is 0 Å². The van der Waals surface area contributed by atoms with Gasteiger partial charge < -0.3 is 4.90 Å². The highest BCUT2D eigenvalue weighted by Gasteiger charge is 2.35. The van der Waals surface area contributed by atoms with Crippen LogP contribution in [0.5, 0.6) is 0 Å². The molecule has 1 aliphatic heterocycles. The maximum atomic E-state index is 13.7. The molecule has 4 aromatic rings. The summed E-state index contributed by atoms with van der Waals surface area (Å²) in [5.74, 6) is -0.604. The van der Waals surface area contributed by atoms with Crippen LogP contribution in [0.25, 0.3) is 10.8 Å². The normalized spacial score (nSPS) is 15.9. The number of hydrogen-bond acceptors (Lipinski definition) is 4. The zero-order chi connectivity index (χ0) is 25.3. The highest BCUT2D eigenvalue weighted by molar-refractivity contribution is 7.89. The summed E-state index contributed by atoms with van der Waals surface area (Å²) in [5.41, 5.74) is 1.83. The molecule has 5 nitrogen and oxygen atoms in total. The van der Waals surface area contributed by atoms with Crippen molar-refractivity contribution in [3.8, 4) is 0 Å². The van der Waals surface area contributed by atoms with Gasteiger partial charge in [0.25, 0.3) is 0 Å². The summed E-state index contributed by atoms with van der Waals surface area (Å²) in [7, 11) is -3.89. The van der Waals surface area contributed by atoms with Gasteiger partial charge in [-0.3, -0.25) is 4.79 Å². The van der Waals surface area contributed by atoms with Gasteiger partial charge in [-0.25, -0.2) is 12.8 Å². The zero-order valence-electron chi connectivity index (χ0n) is 19.9. The molecule has 186 valence electrons. The van der Waals surface area contributed by atoms with Crippen LogP contribution in [0.3, 0.4) is 0 Å². The predicted octanol–water partition coefficient (Wildman–Crippen LogP) is 5.62. The van der Waals surface area contributed by atoms with Crippen molar-refractivity contribution in [2.45, 2.75) is 30.7 Å². The van der Waals surface area contributed by atoms with E-state index in [9.17, 15) is 17.6 Å². The summed E-state index contributed by atoms with van der Waals surface area (Å²) in [6, 6.07) is 20.5. The molecule has 1 aliphatic rings. The van der Waals surface area contributed by atoms with Gasteiger partial charge in [-0.15, -0.1) is 11.3 Å². The minimum atomic E-state index is -3.89. The molecule has 0 fully saturated rings. The van der Waals surface area contributed by atoms with Crippen LogP contribution in [-0.4, -0.2) is 43.2 Å². The number of amides is 1. The Kier molecular flexibility index (Phi) is 6.92. The number of hydrogen-bond donors (Lipinski definition) is 0. The lowest BCUT2D eigenvalue weighted by atomic mass is 9.93. The first-order chi connectivity index (χ1) is 17.4. The van der Waals surface area contributed by atoms with Gasteiger partial charge in [-0.1, -0.05) is 49.4 Å². The Labute approximate surface area is 214 Å². The molecule has 1 amide bonds. The van der Waals surface area contributed by atoms with Crippen LogP contribution >= 0.6 is 11.3 Å². The number of fused-ring (bicyclic) bond motifs is 2. The Balaban J connectivity index is 1.46. The fourth-order valence-corrected chi connectivity index (χ4v) is 7.26. The summed E-state index contributed by atoms with van der Waals surface area (Å²) < 4.78 is 42.2. The molecule has 1 atom stereocenters. The molecule has 1 unspecified atom stereocenters. The van der Waals surface area contributed by atoms with Gasteiger partial charge in [0, 0.05) is 18.0 Å². The molecule has 5 rings (SSSR count). The van der Waals surface area contributed by atoms with Crippen molar-refractivity contribution >= 4 is 38.0 Å². The van der Waals surface area contributed by atoms with Crippen molar-refractivity contribution in [1.29, 1.82) is 0 Å². The minimum Gasteiger partial charge on any atom is -0.330 e. The van der Waals surface area contributed by atoms with Crippen LogP contribution in [0.2, 0.25) is 0 Å². The third-order valence-corrected chi connectivity index (χ3v) is 9.45. The molecule has 8 heteroatoms. The Morgan fingerprint density at radius 2 is 1.81 bits per heavy atom. The SMILES string of the molecule is CCCN(CC(=O)N1CCc2sccc2C1c1ccc(F)cc1)S(=O)(=O)c1ccc2ccccc2c1. The van der Waals surface area contributed by atoms with Gasteiger partial charge in [0.2, 0.25) is 15.9 Å². The van der Waals surface area contributed by atoms with Crippen LogP contribution in [0.4, 0.5) is 4.39 Å². The van der Waals surface area contributed by atoms with Crippen molar-refractivity contribution in [2.75, 3.05) is 19.6 Å². The van der Waals surface area contributed by atoms with E-state index in [4.69, 9.17) is 0 Å². The van der Waals surface area contributed by atoms with Gasteiger partial charge in [0.05, 0.1) is 17.5 Å². The summed E-state index contributed by atoms with van der Waals surface area (Å²) >= 11 is 1.65. The van der Waals surface area contributed by atoms with E-state index in [-0.39, 0.29) is 35.8 Å². The molecular weight excluding hydrogens is 495 g/mol. The zero-order valence-corrected chi connectivity index (χ0v) is 21.6. The maximum absolute atomic E-state index is 13.7. The third kappa shape index (κ3) is 4.68. The standard InChI is InChI=1S/C28H27FN2O3S2/c1-2-15-30(36(33,34)24-12-9-20-5-3-4-6-22(20)18-24)19-27(32)31-16-13-26-25(14-17-35-26)28(31)21-7-10-23(29)11-8-21/h3-12,14,17-18,28H,2,13,15-16,19H2,1H3. The fourth-order valence-electron chi connectivity index (χ4n) is 4.84. The van der Waals surface area contributed by atoms with Gasteiger partial charge in [0.1, 0.15) is 5.82 Å². The number of carbonyl (C=O) groups excluding carboxylic acids is 1. The average Bonchev–Trinajstić information content (AvgIpc) is 3.37. The first-order valence-corrected chi connectivity index (χ1v) is 14.3. The molecule has 0 bridgehead atoms. The van der Waals surface area contributed by atoms with Crippen LogP contribution < -0.4 is 0 Å². The lowest BCUT2D eigenvalue weighted by Crippen LogP contribution is -2.46. The smallest absolute Gasteiger partial charge is 0.243 e. The molecule has 0 N–H and O–H groups in total. The van der Waals surface area contributed by atoms with Gasteiger partial charge in [-0.05, 0) is 70.5 Å². The summed E-state index contributed by atoms with van der Waals surface area (Å²) in [4.78, 5) is 16.8. The Bertz CT molecular complexity index is 1500. The van der Waals surface area contributed by atoms with E-state index in [2.05, 4.69) is 0 Å². The Hall–Kier alpha value is -3.07. The molecular formula is C28H27FN2O3S2. The fraction of sp³-hybridized carbons (Fsp3) is 0.250.